The van der Waals surface area contributed by atoms with Crippen LogP contribution in [0.4, 0.5) is 0 Å². The zero-order valence-electron chi connectivity index (χ0n) is 16.8. The Morgan fingerprint density at radius 2 is 1.89 bits per heavy atom. The number of nitrogens with zero attached hydrogens (tertiary/aromatic N) is 3. The van der Waals surface area contributed by atoms with Crippen molar-refractivity contribution in [2.24, 2.45) is 0 Å². The molecule has 1 atom stereocenters. The van der Waals surface area contributed by atoms with E-state index < -0.39 is 0 Å². The average molecular weight is 364 g/mol. The molecule has 1 aromatic heterocycles. The van der Waals surface area contributed by atoms with Gasteiger partial charge in [-0.15, -0.1) is 0 Å². The van der Waals surface area contributed by atoms with Crippen LogP contribution in [0, 0.1) is 13.8 Å². The van der Waals surface area contributed by atoms with Gasteiger partial charge >= 0.3 is 0 Å². The first kappa shape index (κ1) is 19.3. The van der Waals surface area contributed by atoms with E-state index in [0.717, 1.165) is 35.7 Å². The molecule has 0 fully saturated rings. The molecule has 0 radical (unpaired) electrons. The van der Waals surface area contributed by atoms with Crippen molar-refractivity contribution in [2.75, 3.05) is 27.2 Å². The minimum absolute atomic E-state index is 0.0242. The molecule has 3 aromatic rings. The van der Waals surface area contributed by atoms with Crippen LogP contribution in [0.25, 0.3) is 16.6 Å². The number of fused-ring (bicyclic) bond motifs is 1. The predicted molar refractivity (Wildman–Crippen MR) is 112 cm³/mol. The van der Waals surface area contributed by atoms with E-state index in [0.29, 0.717) is 5.39 Å². The SMILES string of the molecule is Cc1ccc(-n2c(C(C)NCCN(C)C)nc3ccccc3c2=O)c(C)c1. The van der Waals surface area contributed by atoms with Gasteiger partial charge < -0.3 is 10.2 Å². The number of aromatic nitrogens is 2. The van der Waals surface area contributed by atoms with Crippen LogP contribution >= 0.6 is 0 Å². The summed E-state index contributed by atoms with van der Waals surface area (Å²) in [6.07, 6.45) is 0. The highest BCUT2D eigenvalue weighted by molar-refractivity contribution is 5.78. The van der Waals surface area contributed by atoms with Gasteiger partial charge in [0, 0.05) is 13.1 Å². The number of hydrogen-bond acceptors (Lipinski definition) is 4. The van der Waals surface area contributed by atoms with Gasteiger partial charge in [-0.2, -0.15) is 0 Å². The first-order valence-corrected chi connectivity index (χ1v) is 9.36. The fourth-order valence-electron chi connectivity index (χ4n) is 3.33. The van der Waals surface area contributed by atoms with Crippen molar-refractivity contribution in [1.29, 1.82) is 0 Å². The third-order valence-electron chi connectivity index (χ3n) is 4.79. The summed E-state index contributed by atoms with van der Waals surface area (Å²) < 4.78 is 1.77. The molecule has 5 heteroatoms. The van der Waals surface area contributed by atoms with Crippen LogP contribution in [-0.4, -0.2) is 41.6 Å². The minimum Gasteiger partial charge on any atom is -0.308 e. The Kier molecular flexibility index (Phi) is 5.73. The molecule has 5 nitrogen and oxygen atoms in total. The third-order valence-corrected chi connectivity index (χ3v) is 4.79. The van der Waals surface area contributed by atoms with Crippen molar-refractivity contribution in [3.05, 3.63) is 69.8 Å². The second kappa shape index (κ2) is 8.03. The van der Waals surface area contributed by atoms with Crippen LogP contribution in [0.2, 0.25) is 0 Å². The molecule has 1 N–H and O–H groups in total. The van der Waals surface area contributed by atoms with Crippen molar-refractivity contribution >= 4 is 10.9 Å². The topological polar surface area (TPSA) is 50.2 Å². The Labute approximate surface area is 160 Å². The van der Waals surface area contributed by atoms with Crippen molar-refractivity contribution in [1.82, 2.24) is 19.8 Å². The number of rotatable bonds is 6. The summed E-state index contributed by atoms with van der Waals surface area (Å²) in [7, 11) is 4.10. The molecule has 0 aliphatic rings. The predicted octanol–water partition coefficient (Wildman–Crippen LogP) is 3.21. The average Bonchev–Trinajstić information content (AvgIpc) is 2.62. The normalized spacial score (nSPS) is 12.7. The van der Waals surface area contributed by atoms with Crippen LogP contribution in [0.15, 0.2) is 47.3 Å². The Balaban J connectivity index is 2.17. The van der Waals surface area contributed by atoms with E-state index in [1.807, 2.05) is 57.4 Å². The van der Waals surface area contributed by atoms with Gasteiger partial charge in [0.2, 0.25) is 0 Å². The molecule has 0 aliphatic carbocycles. The van der Waals surface area contributed by atoms with Gasteiger partial charge in [0.05, 0.1) is 22.6 Å². The fourth-order valence-corrected chi connectivity index (χ4v) is 3.33. The zero-order valence-corrected chi connectivity index (χ0v) is 16.8. The maximum atomic E-state index is 13.4. The van der Waals surface area contributed by atoms with E-state index in [4.69, 9.17) is 4.98 Å². The number of hydrogen-bond donors (Lipinski definition) is 1. The third kappa shape index (κ3) is 4.10. The zero-order chi connectivity index (χ0) is 19.6. The molecule has 0 saturated heterocycles. The van der Waals surface area contributed by atoms with Crippen LogP contribution in [0.3, 0.4) is 0 Å². The molecule has 0 spiro atoms. The minimum atomic E-state index is -0.0528. The summed E-state index contributed by atoms with van der Waals surface area (Å²) >= 11 is 0. The van der Waals surface area contributed by atoms with E-state index >= 15 is 0 Å². The molecule has 142 valence electrons. The summed E-state index contributed by atoms with van der Waals surface area (Å²) in [6, 6.07) is 13.7. The van der Waals surface area contributed by atoms with Crippen molar-refractivity contribution < 1.29 is 0 Å². The molecule has 27 heavy (non-hydrogen) atoms. The van der Waals surface area contributed by atoms with E-state index in [1.54, 1.807) is 4.57 Å². The highest BCUT2D eigenvalue weighted by atomic mass is 16.1. The molecule has 0 aliphatic heterocycles. The van der Waals surface area contributed by atoms with Crippen molar-refractivity contribution in [3.63, 3.8) is 0 Å². The van der Waals surface area contributed by atoms with E-state index in [9.17, 15) is 4.79 Å². The fraction of sp³-hybridized carbons (Fsp3) is 0.364. The second-order valence-electron chi connectivity index (χ2n) is 7.40. The maximum Gasteiger partial charge on any atom is 0.266 e. The second-order valence-corrected chi connectivity index (χ2v) is 7.40. The molecule has 2 aromatic carbocycles. The molecular weight excluding hydrogens is 336 g/mol. The van der Waals surface area contributed by atoms with Crippen LogP contribution < -0.4 is 10.9 Å². The van der Waals surface area contributed by atoms with E-state index in [1.165, 1.54) is 5.56 Å². The standard InChI is InChI=1S/C22H28N4O/c1-15-10-11-20(16(2)14-15)26-21(17(3)23-12-13-25(4)5)24-19-9-7-6-8-18(19)22(26)27/h6-11,14,17,23H,12-13H2,1-5H3. The largest absolute Gasteiger partial charge is 0.308 e. The molecule has 1 heterocycles. The number of aryl methyl sites for hydroxylation is 2. The van der Waals surface area contributed by atoms with Crippen LogP contribution in [-0.2, 0) is 0 Å². The lowest BCUT2D eigenvalue weighted by atomic mass is 10.1. The number of para-hydroxylation sites is 1. The maximum absolute atomic E-state index is 13.4. The highest BCUT2D eigenvalue weighted by Crippen LogP contribution is 2.21. The van der Waals surface area contributed by atoms with Crippen LogP contribution in [0.5, 0.6) is 0 Å². The number of benzene rings is 2. The Morgan fingerprint density at radius 1 is 1.15 bits per heavy atom. The van der Waals surface area contributed by atoms with Crippen molar-refractivity contribution in [2.45, 2.75) is 26.8 Å². The molecule has 3 rings (SSSR count). The summed E-state index contributed by atoms with van der Waals surface area (Å²) in [4.78, 5) is 20.4. The smallest absolute Gasteiger partial charge is 0.266 e. The molecule has 0 saturated carbocycles. The number of likely N-dealkylation sites (N-methyl/N-ethyl adjacent to an activating group) is 1. The molecule has 0 bridgehead atoms. The summed E-state index contributed by atoms with van der Waals surface area (Å²) in [5.41, 5.74) is 3.84. The Hall–Kier alpha value is -2.50. The highest BCUT2D eigenvalue weighted by Gasteiger charge is 2.18. The first-order valence-electron chi connectivity index (χ1n) is 9.36. The monoisotopic (exact) mass is 364 g/mol. The summed E-state index contributed by atoms with van der Waals surface area (Å²) in [5, 5.41) is 4.14. The molecular formula is C22H28N4O. The Bertz CT molecular complexity index is 1010. The van der Waals surface area contributed by atoms with Gasteiger partial charge in [-0.3, -0.25) is 9.36 Å². The molecule has 1 unspecified atom stereocenters. The summed E-state index contributed by atoms with van der Waals surface area (Å²) in [5.74, 6) is 0.740. The van der Waals surface area contributed by atoms with Gasteiger partial charge in [-0.1, -0.05) is 29.8 Å². The Morgan fingerprint density at radius 3 is 2.59 bits per heavy atom. The number of nitrogens with one attached hydrogen (secondary N) is 1. The summed E-state index contributed by atoms with van der Waals surface area (Å²) in [6.45, 7) is 7.91. The van der Waals surface area contributed by atoms with E-state index in [-0.39, 0.29) is 11.6 Å². The van der Waals surface area contributed by atoms with Gasteiger partial charge in [0.15, 0.2) is 0 Å². The van der Waals surface area contributed by atoms with Gasteiger partial charge in [-0.05, 0) is 58.6 Å². The van der Waals surface area contributed by atoms with Crippen molar-refractivity contribution in [3.8, 4) is 5.69 Å². The van der Waals surface area contributed by atoms with Gasteiger partial charge in [0.1, 0.15) is 5.82 Å². The lowest BCUT2D eigenvalue weighted by molar-refractivity contribution is 0.385. The first-order chi connectivity index (χ1) is 12.9. The quantitative estimate of drug-likeness (QED) is 0.730. The van der Waals surface area contributed by atoms with Gasteiger partial charge in [0.25, 0.3) is 5.56 Å². The van der Waals surface area contributed by atoms with Crippen LogP contribution in [0.1, 0.15) is 29.9 Å². The lowest BCUT2D eigenvalue weighted by Crippen LogP contribution is -2.33. The van der Waals surface area contributed by atoms with Gasteiger partial charge in [-0.25, -0.2) is 4.98 Å². The lowest BCUT2D eigenvalue weighted by Gasteiger charge is -2.21. The van der Waals surface area contributed by atoms with E-state index in [2.05, 4.69) is 30.1 Å². The molecule has 0 amide bonds.